The molecule has 4 heteroatoms. The van der Waals surface area contributed by atoms with E-state index < -0.39 is 0 Å². The summed E-state index contributed by atoms with van der Waals surface area (Å²) >= 11 is 0. The van der Waals surface area contributed by atoms with Gasteiger partial charge in [0, 0.05) is 24.3 Å². The molecule has 0 spiro atoms. The summed E-state index contributed by atoms with van der Waals surface area (Å²) in [7, 11) is 1.64. The van der Waals surface area contributed by atoms with Gasteiger partial charge in [-0.25, -0.2) is 0 Å². The highest BCUT2D eigenvalue weighted by molar-refractivity contribution is 5.99. The fourth-order valence-corrected chi connectivity index (χ4v) is 2.15. The minimum Gasteiger partial charge on any atom is -0.459 e. The molecule has 0 atom stereocenters. The van der Waals surface area contributed by atoms with Crippen LogP contribution in [-0.4, -0.2) is 12.1 Å². The number of hydrogen-bond acceptors (Lipinski definition) is 4. The van der Waals surface area contributed by atoms with E-state index in [1.54, 1.807) is 13.3 Å². The molecule has 2 N–H and O–H groups in total. The van der Waals surface area contributed by atoms with Crippen LogP contribution >= 0.6 is 0 Å². The molecule has 0 unspecified atom stereocenters. The van der Waals surface area contributed by atoms with Gasteiger partial charge < -0.3 is 14.9 Å². The second-order valence-corrected chi connectivity index (χ2v) is 4.30. The number of anilines is 1. The van der Waals surface area contributed by atoms with Crippen molar-refractivity contribution < 1.29 is 9.15 Å². The van der Waals surface area contributed by atoms with Gasteiger partial charge in [0.2, 0.25) is 0 Å². The van der Waals surface area contributed by atoms with Crippen LogP contribution in [0.2, 0.25) is 0 Å². The Labute approximate surface area is 110 Å². The number of benzene rings is 1. The van der Waals surface area contributed by atoms with Crippen LogP contribution in [0, 0.1) is 0 Å². The Bertz CT molecular complexity index is 719. The Kier molecular flexibility index (Phi) is 2.93. The second kappa shape index (κ2) is 4.74. The lowest BCUT2D eigenvalue weighted by molar-refractivity contribution is 0.165. The Balaban J connectivity index is 2.16. The maximum atomic E-state index is 5.94. The number of ether oxygens (including phenoxy) is 1. The molecule has 0 aliphatic carbocycles. The first kappa shape index (κ1) is 11.7. The smallest absolute Gasteiger partial charge is 0.135 e. The molecule has 4 nitrogen and oxygen atoms in total. The van der Waals surface area contributed by atoms with Crippen LogP contribution in [0.25, 0.3) is 22.2 Å². The molecule has 1 aromatic carbocycles. The van der Waals surface area contributed by atoms with E-state index >= 15 is 0 Å². The fraction of sp³-hybridized carbons (Fsp3) is 0.133. The number of fused-ring (bicyclic) bond motifs is 1. The summed E-state index contributed by atoms with van der Waals surface area (Å²) < 4.78 is 10.8. The van der Waals surface area contributed by atoms with E-state index in [0.717, 1.165) is 28.0 Å². The number of aromatic nitrogens is 1. The minimum atomic E-state index is 0.463. The number of methoxy groups -OCH3 is 1. The standard InChI is InChI=1S/C15H14N2O2/c1-18-9-10-4-7-14(19-10)11-5-6-13(16)15-12(11)3-2-8-17-15/h2-8H,9,16H2,1H3. The zero-order valence-electron chi connectivity index (χ0n) is 10.6. The number of nitrogens with two attached hydrogens (primary N) is 1. The highest BCUT2D eigenvalue weighted by Gasteiger charge is 2.10. The zero-order chi connectivity index (χ0) is 13.2. The molecule has 0 fully saturated rings. The Hall–Kier alpha value is -2.33. The molecule has 0 saturated heterocycles. The quantitative estimate of drug-likeness (QED) is 0.729. The van der Waals surface area contributed by atoms with Crippen LogP contribution in [0.1, 0.15) is 5.76 Å². The van der Waals surface area contributed by atoms with Crippen LogP contribution in [0.3, 0.4) is 0 Å². The lowest BCUT2D eigenvalue weighted by Gasteiger charge is -2.05. The third-order valence-electron chi connectivity index (χ3n) is 3.01. The molecule has 19 heavy (non-hydrogen) atoms. The van der Waals surface area contributed by atoms with E-state index in [9.17, 15) is 0 Å². The molecule has 0 bridgehead atoms. The Morgan fingerprint density at radius 3 is 2.95 bits per heavy atom. The van der Waals surface area contributed by atoms with Crippen molar-refractivity contribution in [1.29, 1.82) is 0 Å². The van der Waals surface area contributed by atoms with Gasteiger partial charge in [-0.1, -0.05) is 6.07 Å². The van der Waals surface area contributed by atoms with E-state index in [1.807, 2.05) is 36.4 Å². The van der Waals surface area contributed by atoms with Crippen LogP contribution in [0.4, 0.5) is 5.69 Å². The number of nitrogens with zero attached hydrogens (tertiary/aromatic N) is 1. The Morgan fingerprint density at radius 2 is 2.11 bits per heavy atom. The topological polar surface area (TPSA) is 61.3 Å². The molecule has 96 valence electrons. The molecule has 0 aliphatic heterocycles. The maximum absolute atomic E-state index is 5.94. The first-order valence-corrected chi connectivity index (χ1v) is 6.01. The summed E-state index contributed by atoms with van der Waals surface area (Å²) in [4.78, 5) is 4.32. The number of pyridine rings is 1. The molecule has 3 rings (SSSR count). The van der Waals surface area contributed by atoms with Gasteiger partial charge in [0.25, 0.3) is 0 Å². The summed E-state index contributed by atoms with van der Waals surface area (Å²) in [5, 5.41) is 0.987. The van der Waals surface area contributed by atoms with Crippen molar-refractivity contribution in [3.05, 3.63) is 48.4 Å². The van der Waals surface area contributed by atoms with Crippen LogP contribution in [0.15, 0.2) is 47.0 Å². The maximum Gasteiger partial charge on any atom is 0.135 e. The minimum absolute atomic E-state index is 0.463. The third kappa shape index (κ3) is 2.06. The third-order valence-corrected chi connectivity index (χ3v) is 3.01. The molecule has 0 saturated carbocycles. The fourth-order valence-electron chi connectivity index (χ4n) is 2.15. The summed E-state index contributed by atoms with van der Waals surface area (Å²) in [6, 6.07) is 11.5. The first-order valence-electron chi connectivity index (χ1n) is 6.01. The second-order valence-electron chi connectivity index (χ2n) is 4.30. The van der Waals surface area contributed by atoms with E-state index in [-0.39, 0.29) is 0 Å². The molecular weight excluding hydrogens is 240 g/mol. The molecule has 2 heterocycles. The van der Waals surface area contributed by atoms with E-state index in [1.165, 1.54) is 0 Å². The lowest BCUT2D eigenvalue weighted by atomic mass is 10.1. The highest BCUT2D eigenvalue weighted by Crippen LogP contribution is 2.31. The molecule has 0 amide bonds. The summed E-state index contributed by atoms with van der Waals surface area (Å²) in [5.74, 6) is 1.59. The number of rotatable bonds is 3. The van der Waals surface area contributed by atoms with Crippen molar-refractivity contribution in [2.45, 2.75) is 6.61 Å². The van der Waals surface area contributed by atoms with Crippen LogP contribution < -0.4 is 5.73 Å². The van der Waals surface area contributed by atoms with Crippen molar-refractivity contribution >= 4 is 16.6 Å². The van der Waals surface area contributed by atoms with Crippen LogP contribution in [0.5, 0.6) is 0 Å². The summed E-state index contributed by atoms with van der Waals surface area (Å²) in [5.41, 5.74) is 8.39. The van der Waals surface area contributed by atoms with Crippen molar-refractivity contribution in [3.8, 4) is 11.3 Å². The molecule has 2 aromatic heterocycles. The SMILES string of the molecule is COCc1ccc(-c2ccc(N)c3ncccc23)o1. The van der Waals surface area contributed by atoms with E-state index in [2.05, 4.69) is 4.98 Å². The molecular formula is C15H14N2O2. The molecule has 0 radical (unpaired) electrons. The number of nitrogen functional groups attached to an aromatic ring is 1. The van der Waals surface area contributed by atoms with E-state index in [0.29, 0.717) is 12.3 Å². The van der Waals surface area contributed by atoms with Gasteiger partial charge in [-0.3, -0.25) is 4.98 Å². The summed E-state index contributed by atoms with van der Waals surface area (Å²) in [6.45, 7) is 0.463. The van der Waals surface area contributed by atoms with Gasteiger partial charge >= 0.3 is 0 Å². The normalized spacial score (nSPS) is 11.0. The van der Waals surface area contributed by atoms with Gasteiger partial charge in [-0.2, -0.15) is 0 Å². The first-order chi connectivity index (χ1) is 9.29. The molecule has 3 aromatic rings. The number of furan rings is 1. The predicted molar refractivity (Wildman–Crippen MR) is 74.6 cm³/mol. The van der Waals surface area contributed by atoms with Crippen molar-refractivity contribution in [3.63, 3.8) is 0 Å². The van der Waals surface area contributed by atoms with Crippen LogP contribution in [-0.2, 0) is 11.3 Å². The number of hydrogen-bond donors (Lipinski definition) is 1. The van der Waals surface area contributed by atoms with Crippen molar-refractivity contribution in [2.24, 2.45) is 0 Å². The summed E-state index contributed by atoms with van der Waals surface area (Å²) in [6.07, 6.45) is 1.74. The lowest BCUT2D eigenvalue weighted by Crippen LogP contribution is -1.90. The average molecular weight is 254 g/mol. The van der Waals surface area contributed by atoms with Gasteiger partial charge in [-0.05, 0) is 30.3 Å². The molecule has 0 aliphatic rings. The van der Waals surface area contributed by atoms with Gasteiger partial charge in [0.05, 0.1) is 11.2 Å². The monoisotopic (exact) mass is 254 g/mol. The van der Waals surface area contributed by atoms with Crippen molar-refractivity contribution in [1.82, 2.24) is 4.98 Å². The van der Waals surface area contributed by atoms with Gasteiger partial charge in [-0.15, -0.1) is 0 Å². The highest BCUT2D eigenvalue weighted by atomic mass is 16.5. The Morgan fingerprint density at radius 1 is 1.21 bits per heavy atom. The average Bonchev–Trinajstić information content (AvgIpc) is 2.88. The van der Waals surface area contributed by atoms with Crippen molar-refractivity contribution in [2.75, 3.05) is 12.8 Å². The largest absolute Gasteiger partial charge is 0.459 e. The van der Waals surface area contributed by atoms with Gasteiger partial charge in [0.1, 0.15) is 18.1 Å². The van der Waals surface area contributed by atoms with E-state index in [4.69, 9.17) is 14.9 Å². The van der Waals surface area contributed by atoms with Gasteiger partial charge in [0.15, 0.2) is 0 Å². The zero-order valence-corrected chi connectivity index (χ0v) is 10.6. The predicted octanol–water partition coefficient (Wildman–Crippen LogP) is 3.22.